The molecular weight excluding hydrogens is 394 g/mol. The molecule has 8 nitrogen and oxygen atoms in total. The molecule has 2 aromatic rings. The molecule has 28 heavy (non-hydrogen) atoms. The number of hydrogen-bond acceptors (Lipinski definition) is 6. The number of ether oxygens (including phenoxy) is 1. The highest BCUT2D eigenvalue weighted by Crippen LogP contribution is 2.38. The van der Waals surface area contributed by atoms with Gasteiger partial charge in [-0.3, -0.25) is 19.3 Å². The first-order valence-corrected chi connectivity index (χ1v) is 9.22. The molecule has 11 heteroatoms. The fourth-order valence-corrected chi connectivity index (χ4v) is 3.91. The second-order valence-corrected chi connectivity index (χ2v) is 7.18. The molecule has 0 spiro atoms. The van der Waals surface area contributed by atoms with Gasteiger partial charge < -0.3 is 15.4 Å². The Kier molecular flexibility index (Phi) is 4.46. The van der Waals surface area contributed by atoms with Crippen molar-refractivity contribution in [3.05, 3.63) is 34.8 Å². The van der Waals surface area contributed by atoms with E-state index in [2.05, 4.69) is 20.4 Å². The number of benzene rings is 1. The van der Waals surface area contributed by atoms with Gasteiger partial charge in [-0.05, 0) is 25.0 Å². The van der Waals surface area contributed by atoms with Gasteiger partial charge in [0.1, 0.15) is 11.4 Å². The zero-order chi connectivity index (χ0) is 19.9. The summed E-state index contributed by atoms with van der Waals surface area (Å²) in [5.74, 6) is -2.80. The predicted molar refractivity (Wildman–Crippen MR) is 95.8 cm³/mol. The Balaban J connectivity index is 1.53. The summed E-state index contributed by atoms with van der Waals surface area (Å²) >= 11 is 1.00. The third-order valence-corrected chi connectivity index (χ3v) is 5.23. The molecule has 3 heterocycles. The molecule has 0 aliphatic carbocycles. The smallest absolute Gasteiger partial charge is 0.423 e. The number of thiazole rings is 1. The van der Waals surface area contributed by atoms with Gasteiger partial charge in [0.25, 0.3) is 5.91 Å². The van der Waals surface area contributed by atoms with Crippen LogP contribution in [0.15, 0.2) is 24.3 Å². The fraction of sp³-hybridized carbons (Fsp3) is 0.294. The summed E-state index contributed by atoms with van der Waals surface area (Å²) in [6, 6.07) is 5.72. The van der Waals surface area contributed by atoms with E-state index in [1.807, 2.05) is 0 Å². The van der Waals surface area contributed by atoms with Crippen molar-refractivity contribution in [3.8, 4) is 5.75 Å². The number of anilines is 2. The molecule has 0 unspecified atom stereocenters. The Morgan fingerprint density at radius 1 is 1.36 bits per heavy atom. The maximum Gasteiger partial charge on any atom is 0.482 e. The van der Waals surface area contributed by atoms with Crippen molar-refractivity contribution in [2.75, 3.05) is 23.3 Å². The molecule has 0 bridgehead atoms. The summed E-state index contributed by atoms with van der Waals surface area (Å²) in [4.78, 5) is 41.7. The van der Waals surface area contributed by atoms with Crippen molar-refractivity contribution in [1.29, 1.82) is 0 Å². The van der Waals surface area contributed by atoms with E-state index in [0.29, 0.717) is 28.4 Å². The maximum atomic E-state index is 13.8. The Bertz CT molecular complexity index is 978. The van der Waals surface area contributed by atoms with Crippen LogP contribution in [-0.4, -0.2) is 41.9 Å². The average Bonchev–Trinajstić information content (AvgIpc) is 2.96. The number of alkyl halides is 2. The number of carbonyl (C=O) groups excluding carboxylic acids is 3. The summed E-state index contributed by atoms with van der Waals surface area (Å²) in [6.07, 6.45) is -2.75. The largest absolute Gasteiger partial charge is 0.482 e. The standard InChI is InChI=1S/C17H14F2N4O4S/c18-17(19)15(26)23(10-5-1-2-6-11(10)27-17)8-12(24)22-16-21-9-4-3-7-20-14(25)13(9)28-16/h1-2,5-6H,3-4,7-8H2,(H,20,25)(H,21,22,24). The first-order chi connectivity index (χ1) is 13.3. The lowest BCUT2D eigenvalue weighted by molar-refractivity contribution is -0.192. The zero-order valence-electron chi connectivity index (χ0n) is 14.3. The van der Waals surface area contributed by atoms with Crippen molar-refractivity contribution in [3.63, 3.8) is 0 Å². The Hall–Kier alpha value is -3.08. The second kappa shape index (κ2) is 6.82. The highest BCUT2D eigenvalue weighted by molar-refractivity contribution is 7.17. The Morgan fingerprint density at radius 3 is 2.96 bits per heavy atom. The van der Waals surface area contributed by atoms with Crippen molar-refractivity contribution < 1.29 is 27.9 Å². The van der Waals surface area contributed by atoms with Crippen LogP contribution < -0.4 is 20.3 Å². The summed E-state index contributed by atoms with van der Waals surface area (Å²) in [5, 5.41) is 5.38. The molecule has 0 atom stereocenters. The van der Waals surface area contributed by atoms with Gasteiger partial charge >= 0.3 is 12.0 Å². The molecule has 1 aromatic carbocycles. The van der Waals surface area contributed by atoms with E-state index in [9.17, 15) is 23.2 Å². The van der Waals surface area contributed by atoms with E-state index in [1.54, 1.807) is 6.07 Å². The Morgan fingerprint density at radius 2 is 2.14 bits per heavy atom. The van der Waals surface area contributed by atoms with Gasteiger partial charge in [-0.2, -0.15) is 8.78 Å². The summed E-state index contributed by atoms with van der Waals surface area (Å²) in [7, 11) is 0. The molecule has 0 saturated carbocycles. The lowest BCUT2D eigenvalue weighted by Gasteiger charge is -2.32. The summed E-state index contributed by atoms with van der Waals surface area (Å²) in [5.41, 5.74) is 0.650. The third kappa shape index (κ3) is 3.28. The molecule has 4 rings (SSSR count). The first kappa shape index (κ1) is 18.3. The van der Waals surface area contributed by atoms with Crippen LogP contribution in [0.5, 0.6) is 5.75 Å². The van der Waals surface area contributed by atoms with Gasteiger partial charge in [0.2, 0.25) is 5.91 Å². The number of fused-ring (bicyclic) bond motifs is 2. The van der Waals surface area contributed by atoms with Crippen LogP contribution in [-0.2, 0) is 16.0 Å². The van der Waals surface area contributed by atoms with E-state index in [4.69, 9.17) is 0 Å². The van der Waals surface area contributed by atoms with Gasteiger partial charge in [-0.25, -0.2) is 4.98 Å². The molecule has 2 N–H and O–H groups in total. The number of nitrogens with zero attached hydrogens (tertiary/aromatic N) is 2. The molecule has 0 radical (unpaired) electrons. The highest BCUT2D eigenvalue weighted by Gasteiger charge is 2.50. The molecule has 146 valence electrons. The second-order valence-electron chi connectivity index (χ2n) is 6.18. The monoisotopic (exact) mass is 408 g/mol. The number of carbonyl (C=O) groups is 3. The number of para-hydroxylation sites is 2. The van der Waals surface area contributed by atoms with Gasteiger partial charge in [-0.1, -0.05) is 23.5 Å². The van der Waals surface area contributed by atoms with E-state index in [1.165, 1.54) is 18.2 Å². The van der Waals surface area contributed by atoms with Crippen molar-refractivity contribution in [2.24, 2.45) is 0 Å². The molecule has 0 saturated heterocycles. The van der Waals surface area contributed by atoms with E-state index in [0.717, 1.165) is 17.8 Å². The minimum Gasteiger partial charge on any atom is -0.423 e. The van der Waals surface area contributed by atoms with Crippen LogP contribution >= 0.6 is 11.3 Å². The number of rotatable bonds is 3. The van der Waals surface area contributed by atoms with Gasteiger partial charge in [0.15, 0.2) is 10.9 Å². The first-order valence-electron chi connectivity index (χ1n) is 8.41. The van der Waals surface area contributed by atoms with Crippen molar-refractivity contribution in [2.45, 2.75) is 19.0 Å². The number of halogens is 2. The minimum absolute atomic E-state index is 0.0721. The lowest BCUT2D eigenvalue weighted by atomic mass is 10.2. The van der Waals surface area contributed by atoms with Gasteiger partial charge in [0.05, 0.1) is 11.4 Å². The number of hydrogen-bond donors (Lipinski definition) is 2. The molecule has 2 aliphatic heterocycles. The van der Waals surface area contributed by atoms with Crippen LogP contribution in [0.25, 0.3) is 0 Å². The highest BCUT2D eigenvalue weighted by atomic mass is 32.1. The Labute approximate surface area is 161 Å². The SMILES string of the molecule is O=C(CN1C(=O)C(F)(F)Oc2ccccc21)Nc1nc2c(s1)C(=O)NCCC2. The van der Waals surface area contributed by atoms with Crippen molar-refractivity contribution >= 4 is 39.9 Å². The zero-order valence-corrected chi connectivity index (χ0v) is 15.1. The topological polar surface area (TPSA) is 101 Å². The minimum atomic E-state index is -4.06. The summed E-state index contributed by atoms with van der Waals surface area (Å²) in [6.45, 7) is -0.0956. The van der Waals surface area contributed by atoms with E-state index in [-0.39, 0.29) is 22.5 Å². The lowest BCUT2D eigenvalue weighted by Crippen LogP contribution is -2.52. The van der Waals surface area contributed by atoms with Gasteiger partial charge in [0, 0.05) is 6.54 Å². The van der Waals surface area contributed by atoms with Crippen LogP contribution in [0.2, 0.25) is 0 Å². The fourth-order valence-electron chi connectivity index (χ4n) is 2.96. The molecular formula is C17H14F2N4O4S. The molecule has 1 aromatic heterocycles. The maximum absolute atomic E-state index is 13.8. The van der Waals surface area contributed by atoms with Crippen LogP contribution in [0.1, 0.15) is 21.8 Å². The summed E-state index contributed by atoms with van der Waals surface area (Å²) < 4.78 is 32.1. The van der Waals surface area contributed by atoms with Crippen molar-refractivity contribution in [1.82, 2.24) is 10.3 Å². The molecule has 0 fully saturated rings. The van der Waals surface area contributed by atoms with Gasteiger partial charge in [-0.15, -0.1) is 0 Å². The quantitative estimate of drug-likeness (QED) is 0.806. The number of amides is 3. The average molecular weight is 408 g/mol. The van der Waals surface area contributed by atoms with Crippen LogP contribution in [0.4, 0.5) is 19.6 Å². The number of nitrogens with one attached hydrogen (secondary N) is 2. The van der Waals surface area contributed by atoms with Crippen LogP contribution in [0, 0.1) is 0 Å². The third-order valence-electron chi connectivity index (χ3n) is 4.22. The van der Waals surface area contributed by atoms with E-state index < -0.39 is 24.5 Å². The molecule has 3 amide bonds. The normalized spacial score (nSPS) is 17.7. The molecule has 2 aliphatic rings. The van der Waals surface area contributed by atoms with E-state index >= 15 is 0 Å². The number of aryl methyl sites for hydroxylation is 1. The predicted octanol–water partition coefficient (Wildman–Crippen LogP) is 1.78. The van der Waals surface area contributed by atoms with Crippen LogP contribution in [0.3, 0.4) is 0 Å². The number of aromatic nitrogens is 1.